The summed E-state index contributed by atoms with van der Waals surface area (Å²) in [6, 6.07) is 3.32. The molecule has 22 heavy (non-hydrogen) atoms. The van der Waals surface area contributed by atoms with Gasteiger partial charge in [-0.25, -0.2) is 9.89 Å². The van der Waals surface area contributed by atoms with E-state index in [0.717, 1.165) is 0 Å². The Kier molecular flexibility index (Phi) is 5.10. The van der Waals surface area contributed by atoms with Gasteiger partial charge in [-0.3, -0.25) is 5.43 Å². The molecule has 1 aromatic heterocycles. The van der Waals surface area contributed by atoms with Gasteiger partial charge in [-0.15, -0.1) is 0 Å². The third-order valence-electron chi connectivity index (χ3n) is 2.61. The Morgan fingerprint density at radius 1 is 1.55 bits per heavy atom. The minimum absolute atomic E-state index is 0.0308. The number of aromatic nitrogens is 3. The van der Waals surface area contributed by atoms with Crippen molar-refractivity contribution >= 4 is 28.0 Å². The summed E-state index contributed by atoms with van der Waals surface area (Å²) in [6.07, 6.45) is 1.51. The number of rotatable bonds is 5. The van der Waals surface area contributed by atoms with Gasteiger partial charge in [0.05, 0.1) is 17.3 Å². The van der Waals surface area contributed by atoms with Crippen LogP contribution in [-0.4, -0.2) is 33.1 Å². The van der Waals surface area contributed by atoms with Gasteiger partial charge in [0.15, 0.2) is 17.3 Å². The normalized spacial score (nSPS) is 10.9. The number of aromatic hydroxyl groups is 1. The molecule has 0 amide bonds. The first-order valence-electron chi connectivity index (χ1n) is 6.39. The van der Waals surface area contributed by atoms with Gasteiger partial charge in [0.25, 0.3) is 0 Å². The molecule has 0 saturated heterocycles. The average Bonchev–Trinajstić information content (AvgIpc) is 2.48. The van der Waals surface area contributed by atoms with Gasteiger partial charge in [-0.1, -0.05) is 0 Å². The number of aromatic amines is 1. The first kappa shape index (κ1) is 16.0. The van der Waals surface area contributed by atoms with Crippen molar-refractivity contribution in [1.82, 2.24) is 15.2 Å². The number of hydrogen-bond donors (Lipinski definition) is 3. The predicted octanol–water partition coefficient (Wildman–Crippen LogP) is 1.79. The molecule has 0 aliphatic heterocycles. The van der Waals surface area contributed by atoms with E-state index in [1.165, 1.54) is 6.21 Å². The van der Waals surface area contributed by atoms with Crippen LogP contribution in [0, 0.1) is 6.92 Å². The van der Waals surface area contributed by atoms with E-state index in [1.54, 1.807) is 19.1 Å². The topological polar surface area (TPSA) is 112 Å². The Bertz CT molecular complexity index is 760. The summed E-state index contributed by atoms with van der Waals surface area (Å²) in [5.74, 6) is 0.650. The minimum Gasteiger partial charge on any atom is -0.503 e. The van der Waals surface area contributed by atoms with Crippen LogP contribution in [0.5, 0.6) is 11.5 Å². The SMILES string of the molecule is CCOc1cc(/C=N\Nc2nc(=O)[nH]nc2C)cc(Br)c1O. The van der Waals surface area contributed by atoms with Crippen molar-refractivity contribution in [3.63, 3.8) is 0 Å². The lowest BCUT2D eigenvalue weighted by molar-refractivity contribution is 0.317. The third-order valence-corrected chi connectivity index (χ3v) is 3.21. The summed E-state index contributed by atoms with van der Waals surface area (Å²) in [5.41, 5.74) is 3.29. The van der Waals surface area contributed by atoms with E-state index in [9.17, 15) is 9.90 Å². The summed E-state index contributed by atoms with van der Waals surface area (Å²) in [5, 5.41) is 19.8. The molecule has 0 aliphatic rings. The van der Waals surface area contributed by atoms with Crippen molar-refractivity contribution in [3.8, 4) is 11.5 Å². The molecule has 8 nitrogen and oxygen atoms in total. The maximum atomic E-state index is 11.1. The van der Waals surface area contributed by atoms with Crippen molar-refractivity contribution in [3.05, 3.63) is 38.3 Å². The monoisotopic (exact) mass is 367 g/mol. The maximum Gasteiger partial charge on any atom is 0.363 e. The van der Waals surface area contributed by atoms with Crippen LogP contribution in [0.3, 0.4) is 0 Å². The van der Waals surface area contributed by atoms with Crippen LogP contribution in [0.25, 0.3) is 0 Å². The summed E-state index contributed by atoms with van der Waals surface area (Å²) in [7, 11) is 0. The highest BCUT2D eigenvalue weighted by atomic mass is 79.9. The molecule has 0 bridgehead atoms. The zero-order valence-electron chi connectivity index (χ0n) is 11.9. The van der Waals surface area contributed by atoms with Crippen LogP contribution >= 0.6 is 15.9 Å². The number of anilines is 1. The Morgan fingerprint density at radius 2 is 2.32 bits per heavy atom. The molecule has 0 spiro atoms. The number of hydrazone groups is 1. The van der Waals surface area contributed by atoms with Gasteiger partial charge >= 0.3 is 5.69 Å². The molecule has 9 heteroatoms. The molecule has 0 aliphatic carbocycles. The number of nitrogens with one attached hydrogen (secondary N) is 2. The highest BCUT2D eigenvalue weighted by molar-refractivity contribution is 9.10. The second-order valence-corrected chi connectivity index (χ2v) is 5.08. The second kappa shape index (κ2) is 7.03. The maximum absolute atomic E-state index is 11.1. The molecule has 0 unspecified atom stereocenters. The number of phenolic OH excluding ortho intramolecular Hbond substituents is 1. The van der Waals surface area contributed by atoms with E-state index < -0.39 is 5.69 Å². The number of nitrogens with zero attached hydrogens (tertiary/aromatic N) is 3. The fraction of sp³-hybridized carbons (Fsp3) is 0.231. The lowest BCUT2D eigenvalue weighted by atomic mass is 10.2. The highest BCUT2D eigenvalue weighted by Crippen LogP contribution is 2.35. The van der Waals surface area contributed by atoms with Gasteiger partial charge in [0, 0.05) is 0 Å². The van der Waals surface area contributed by atoms with E-state index in [1.807, 2.05) is 6.92 Å². The van der Waals surface area contributed by atoms with Gasteiger partial charge in [0.1, 0.15) is 5.69 Å². The van der Waals surface area contributed by atoms with Crippen LogP contribution in [-0.2, 0) is 0 Å². The van der Waals surface area contributed by atoms with E-state index in [4.69, 9.17) is 4.74 Å². The van der Waals surface area contributed by atoms with Gasteiger partial charge in [0.2, 0.25) is 0 Å². The molecule has 3 N–H and O–H groups in total. The number of halogens is 1. The number of H-pyrrole nitrogens is 1. The smallest absolute Gasteiger partial charge is 0.363 e. The standard InChI is InChI=1S/C13H14BrN5O3/c1-3-22-10-5-8(4-9(14)11(10)20)6-15-18-12-7(2)17-19-13(21)16-12/h4-6,20H,3H2,1-2H3,(H2,16,18,19,21)/b15-6-. The van der Waals surface area contributed by atoms with Crippen LogP contribution in [0.1, 0.15) is 18.2 Å². The van der Waals surface area contributed by atoms with Crippen molar-refractivity contribution in [2.75, 3.05) is 12.0 Å². The van der Waals surface area contributed by atoms with Crippen molar-refractivity contribution in [1.29, 1.82) is 0 Å². The summed E-state index contributed by atoms with van der Waals surface area (Å²) in [4.78, 5) is 14.8. The number of benzene rings is 1. The average molecular weight is 368 g/mol. The van der Waals surface area contributed by atoms with Crippen LogP contribution in [0.4, 0.5) is 5.82 Å². The number of hydrogen-bond acceptors (Lipinski definition) is 7. The molecule has 0 saturated carbocycles. The molecular formula is C13H14BrN5O3. The molecule has 2 rings (SSSR count). The van der Waals surface area contributed by atoms with E-state index in [0.29, 0.717) is 28.1 Å². The van der Waals surface area contributed by atoms with E-state index in [-0.39, 0.29) is 11.6 Å². The molecule has 2 aromatic rings. The lowest BCUT2D eigenvalue weighted by Gasteiger charge is -2.08. The van der Waals surface area contributed by atoms with Crippen LogP contribution in [0.2, 0.25) is 0 Å². The number of phenols is 1. The third kappa shape index (κ3) is 3.82. The Morgan fingerprint density at radius 3 is 3.05 bits per heavy atom. The number of aryl methyl sites for hydroxylation is 1. The molecule has 0 radical (unpaired) electrons. The second-order valence-electron chi connectivity index (χ2n) is 4.23. The first-order valence-corrected chi connectivity index (χ1v) is 7.18. The summed E-state index contributed by atoms with van der Waals surface area (Å²) >= 11 is 3.25. The summed E-state index contributed by atoms with van der Waals surface area (Å²) < 4.78 is 5.82. The first-order chi connectivity index (χ1) is 10.5. The van der Waals surface area contributed by atoms with Crippen molar-refractivity contribution < 1.29 is 9.84 Å². The Balaban J connectivity index is 2.19. The fourth-order valence-corrected chi connectivity index (χ4v) is 2.06. The Labute approximate surface area is 134 Å². The van der Waals surface area contributed by atoms with Gasteiger partial charge in [-0.05, 0) is 47.5 Å². The lowest BCUT2D eigenvalue weighted by Crippen LogP contribution is -2.15. The van der Waals surface area contributed by atoms with Crippen molar-refractivity contribution in [2.24, 2.45) is 5.10 Å². The molecular weight excluding hydrogens is 354 g/mol. The molecule has 0 fully saturated rings. The zero-order valence-corrected chi connectivity index (χ0v) is 13.5. The predicted molar refractivity (Wildman–Crippen MR) is 85.6 cm³/mol. The van der Waals surface area contributed by atoms with E-state index in [2.05, 4.69) is 41.6 Å². The largest absolute Gasteiger partial charge is 0.503 e. The molecule has 116 valence electrons. The number of ether oxygens (including phenoxy) is 1. The van der Waals surface area contributed by atoms with E-state index >= 15 is 0 Å². The van der Waals surface area contributed by atoms with Gasteiger partial charge < -0.3 is 9.84 Å². The minimum atomic E-state index is -0.561. The van der Waals surface area contributed by atoms with Crippen molar-refractivity contribution in [2.45, 2.75) is 13.8 Å². The molecule has 0 atom stereocenters. The highest BCUT2D eigenvalue weighted by Gasteiger charge is 2.08. The fourth-order valence-electron chi connectivity index (χ4n) is 1.60. The summed E-state index contributed by atoms with van der Waals surface area (Å²) in [6.45, 7) is 3.94. The van der Waals surface area contributed by atoms with Crippen LogP contribution in [0.15, 0.2) is 26.5 Å². The Hall–Kier alpha value is -2.42. The molecule has 1 heterocycles. The molecule has 1 aromatic carbocycles. The zero-order chi connectivity index (χ0) is 16.1. The van der Waals surface area contributed by atoms with Gasteiger partial charge in [-0.2, -0.15) is 15.2 Å². The quantitative estimate of drug-likeness (QED) is 0.548. The van der Waals surface area contributed by atoms with Crippen LogP contribution < -0.4 is 15.9 Å².